The van der Waals surface area contributed by atoms with Crippen LogP contribution in [0.4, 0.5) is 4.39 Å². The number of halogens is 1. The van der Waals surface area contributed by atoms with E-state index in [1.54, 1.807) is 6.07 Å². The Morgan fingerprint density at radius 3 is 2.60 bits per heavy atom. The van der Waals surface area contributed by atoms with Crippen LogP contribution in [0.15, 0.2) is 61.1 Å². The molecule has 0 saturated heterocycles. The molecular formula is C29H26FN5. The van der Waals surface area contributed by atoms with E-state index in [9.17, 15) is 9.65 Å². The van der Waals surface area contributed by atoms with E-state index in [-0.39, 0.29) is 5.56 Å². The lowest BCUT2D eigenvalue weighted by Gasteiger charge is -2.22. The Bertz CT molecular complexity index is 1610. The maximum absolute atomic E-state index is 14.8. The first-order valence-corrected chi connectivity index (χ1v) is 12.2. The number of nitrogens with zero attached hydrogens (tertiary/aromatic N) is 5. The third-order valence-electron chi connectivity index (χ3n) is 7.70. The van der Waals surface area contributed by atoms with Crippen molar-refractivity contribution in [3.8, 4) is 28.5 Å². The highest BCUT2D eigenvalue weighted by Crippen LogP contribution is 2.41. The van der Waals surface area contributed by atoms with Crippen LogP contribution >= 0.6 is 0 Å². The number of aryl methyl sites for hydroxylation is 1. The summed E-state index contributed by atoms with van der Waals surface area (Å²) in [4.78, 5) is 4.95. The van der Waals surface area contributed by atoms with Gasteiger partial charge in [0.25, 0.3) is 0 Å². The van der Waals surface area contributed by atoms with Crippen molar-refractivity contribution >= 4 is 21.8 Å². The number of pyridine rings is 1. The first-order valence-electron chi connectivity index (χ1n) is 12.2. The van der Waals surface area contributed by atoms with Gasteiger partial charge >= 0.3 is 0 Å². The lowest BCUT2D eigenvalue weighted by molar-refractivity contribution is 0.369. The molecule has 0 bridgehead atoms. The van der Waals surface area contributed by atoms with Crippen LogP contribution in [-0.4, -0.2) is 19.3 Å². The molecule has 1 unspecified atom stereocenters. The van der Waals surface area contributed by atoms with Gasteiger partial charge in [0, 0.05) is 41.2 Å². The maximum Gasteiger partial charge on any atom is 0.141 e. The van der Waals surface area contributed by atoms with E-state index >= 15 is 0 Å². The number of hydrogen-bond donors (Lipinski definition) is 0. The lowest BCUT2D eigenvalue weighted by Crippen LogP contribution is -2.13. The number of aromatic nitrogens is 4. The second kappa shape index (κ2) is 8.35. The van der Waals surface area contributed by atoms with Crippen molar-refractivity contribution in [1.29, 1.82) is 5.26 Å². The maximum atomic E-state index is 14.8. The molecule has 5 aromatic rings. The van der Waals surface area contributed by atoms with Gasteiger partial charge in [-0.2, -0.15) is 10.4 Å². The first kappa shape index (κ1) is 21.5. The lowest BCUT2D eigenvalue weighted by atomic mass is 9.94. The average molecular weight is 464 g/mol. The molecule has 0 spiro atoms. The van der Waals surface area contributed by atoms with Gasteiger partial charge in [-0.3, -0.25) is 9.67 Å². The molecule has 0 N–H and O–H groups in total. The van der Waals surface area contributed by atoms with Gasteiger partial charge < -0.3 is 4.57 Å². The van der Waals surface area contributed by atoms with Gasteiger partial charge in [0.2, 0.25) is 0 Å². The molecule has 174 valence electrons. The van der Waals surface area contributed by atoms with Crippen LogP contribution in [0, 0.1) is 23.1 Å². The van der Waals surface area contributed by atoms with Gasteiger partial charge in [0.1, 0.15) is 11.9 Å². The molecule has 0 radical (unpaired) electrons. The second-order valence-electron chi connectivity index (χ2n) is 9.64. The van der Waals surface area contributed by atoms with Crippen molar-refractivity contribution in [2.24, 2.45) is 13.0 Å². The van der Waals surface area contributed by atoms with Crippen LogP contribution in [0.25, 0.3) is 44.2 Å². The zero-order valence-electron chi connectivity index (χ0n) is 19.9. The molecule has 3 heterocycles. The van der Waals surface area contributed by atoms with Crippen molar-refractivity contribution in [3.05, 3.63) is 72.4 Å². The van der Waals surface area contributed by atoms with E-state index in [1.165, 1.54) is 31.7 Å². The standard InChI is InChI=1S/C29H26FN5/c1-18(19-5-3-4-6-19)35-12-11-24-27(35)17-32-29(21-9-10-26-23(13-21)16-33-34(26)2)28(24)20-7-8-22(15-31)25(30)14-20/h7-14,16-19H,3-6H2,1-2H3. The summed E-state index contributed by atoms with van der Waals surface area (Å²) in [5.41, 5.74) is 5.47. The van der Waals surface area contributed by atoms with E-state index in [1.807, 2.05) is 48.4 Å². The largest absolute Gasteiger partial charge is 0.343 e. The molecule has 1 aliphatic carbocycles. The predicted octanol–water partition coefficient (Wildman–Crippen LogP) is 7.02. The summed E-state index contributed by atoms with van der Waals surface area (Å²) in [5.74, 6) is 0.142. The topological polar surface area (TPSA) is 59.4 Å². The number of hydrogen-bond acceptors (Lipinski definition) is 3. The van der Waals surface area contributed by atoms with Crippen molar-refractivity contribution in [1.82, 2.24) is 19.3 Å². The van der Waals surface area contributed by atoms with E-state index in [0.717, 1.165) is 38.6 Å². The van der Waals surface area contributed by atoms with Crippen LogP contribution in [0.2, 0.25) is 0 Å². The third kappa shape index (κ3) is 3.50. The SMILES string of the molecule is CC(C1CCCC1)n1ccc2c(-c3ccc(C#N)c(F)c3)c(-c3ccc4c(cnn4C)c3)ncc21. The summed E-state index contributed by atoms with van der Waals surface area (Å²) in [6.07, 6.45) is 11.0. The molecule has 6 heteroatoms. The molecule has 0 aliphatic heterocycles. The Morgan fingerprint density at radius 1 is 1.03 bits per heavy atom. The fourth-order valence-electron chi connectivity index (χ4n) is 5.73. The van der Waals surface area contributed by atoms with E-state index in [2.05, 4.69) is 34.9 Å². The highest BCUT2D eigenvalue weighted by atomic mass is 19.1. The second-order valence-corrected chi connectivity index (χ2v) is 9.64. The Kier molecular flexibility index (Phi) is 5.14. The van der Waals surface area contributed by atoms with E-state index < -0.39 is 5.82 Å². The van der Waals surface area contributed by atoms with E-state index in [4.69, 9.17) is 4.98 Å². The summed E-state index contributed by atoms with van der Waals surface area (Å²) < 4.78 is 18.9. The smallest absolute Gasteiger partial charge is 0.141 e. The minimum Gasteiger partial charge on any atom is -0.343 e. The number of fused-ring (bicyclic) bond motifs is 2. The van der Waals surface area contributed by atoms with Crippen molar-refractivity contribution < 1.29 is 4.39 Å². The van der Waals surface area contributed by atoms with Gasteiger partial charge in [-0.1, -0.05) is 25.0 Å². The number of rotatable bonds is 4. The Hall–Kier alpha value is -3.98. The highest BCUT2D eigenvalue weighted by molar-refractivity contribution is 6.02. The molecular weight excluding hydrogens is 437 g/mol. The summed E-state index contributed by atoms with van der Waals surface area (Å²) in [5, 5.41) is 15.7. The first-order chi connectivity index (χ1) is 17.0. The van der Waals surface area contributed by atoms with Gasteiger partial charge in [-0.05, 0) is 61.6 Å². The third-order valence-corrected chi connectivity index (χ3v) is 7.70. The Morgan fingerprint density at radius 2 is 1.83 bits per heavy atom. The molecule has 1 atom stereocenters. The fourth-order valence-corrected chi connectivity index (χ4v) is 5.73. The van der Waals surface area contributed by atoms with Crippen LogP contribution in [0.3, 0.4) is 0 Å². The summed E-state index contributed by atoms with van der Waals surface area (Å²) in [6, 6.07) is 15.4. The fraction of sp³-hybridized carbons (Fsp3) is 0.276. The van der Waals surface area contributed by atoms with Gasteiger partial charge in [0.05, 0.1) is 34.7 Å². The van der Waals surface area contributed by atoms with Gasteiger partial charge in [-0.15, -0.1) is 0 Å². The Balaban J connectivity index is 1.58. The molecule has 2 aromatic carbocycles. The molecule has 6 rings (SSSR count). The minimum absolute atomic E-state index is 0.0413. The molecule has 1 saturated carbocycles. The highest BCUT2D eigenvalue weighted by Gasteiger charge is 2.25. The molecule has 0 amide bonds. The molecule has 1 aliphatic rings. The molecule has 5 nitrogen and oxygen atoms in total. The minimum atomic E-state index is -0.519. The van der Waals surface area contributed by atoms with Crippen LogP contribution in [0.5, 0.6) is 0 Å². The van der Waals surface area contributed by atoms with Crippen molar-refractivity contribution in [2.45, 2.75) is 38.6 Å². The van der Waals surface area contributed by atoms with Crippen LogP contribution in [-0.2, 0) is 7.05 Å². The number of benzene rings is 2. The number of nitriles is 1. The molecule has 3 aromatic heterocycles. The normalized spacial score (nSPS) is 15.1. The van der Waals surface area contributed by atoms with Crippen LogP contribution < -0.4 is 0 Å². The monoisotopic (exact) mass is 463 g/mol. The Labute approximate surface area is 203 Å². The van der Waals surface area contributed by atoms with E-state index in [0.29, 0.717) is 17.5 Å². The molecule has 1 fully saturated rings. The summed E-state index contributed by atoms with van der Waals surface area (Å²) in [6.45, 7) is 2.29. The van der Waals surface area contributed by atoms with Crippen molar-refractivity contribution in [3.63, 3.8) is 0 Å². The predicted molar refractivity (Wildman–Crippen MR) is 136 cm³/mol. The molecule has 35 heavy (non-hydrogen) atoms. The quantitative estimate of drug-likeness (QED) is 0.288. The summed E-state index contributed by atoms with van der Waals surface area (Å²) in [7, 11) is 1.92. The zero-order chi connectivity index (χ0) is 24.1. The van der Waals surface area contributed by atoms with Gasteiger partial charge in [-0.25, -0.2) is 4.39 Å². The summed E-state index contributed by atoms with van der Waals surface area (Å²) >= 11 is 0. The van der Waals surface area contributed by atoms with Gasteiger partial charge in [0.15, 0.2) is 0 Å². The average Bonchev–Trinajstić information content (AvgIpc) is 3.63. The van der Waals surface area contributed by atoms with Crippen LogP contribution in [0.1, 0.15) is 44.2 Å². The zero-order valence-corrected chi connectivity index (χ0v) is 19.9. The van der Waals surface area contributed by atoms with Crippen molar-refractivity contribution in [2.75, 3.05) is 0 Å².